The predicted octanol–water partition coefficient (Wildman–Crippen LogP) is 3.03. The first-order chi connectivity index (χ1) is 9.10. The molecule has 1 atom stereocenters. The molecule has 1 aliphatic heterocycles. The molecule has 1 aromatic rings. The minimum absolute atomic E-state index is 0.265. The number of benzene rings is 1. The molecule has 3 nitrogen and oxygen atoms in total. The molecule has 0 spiro atoms. The van der Waals surface area contributed by atoms with E-state index in [2.05, 4.69) is 50.4 Å². The van der Waals surface area contributed by atoms with Crippen molar-refractivity contribution in [3.63, 3.8) is 0 Å². The summed E-state index contributed by atoms with van der Waals surface area (Å²) in [6.45, 7) is 7.22. The van der Waals surface area contributed by atoms with Crippen molar-refractivity contribution in [3.8, 4) is 11.5 Å². The Balaban J connectivity index is 2.14. The number of nitrogens with one attached hydrogen (secondary N) is 1. The van der Waals surface area contributed by atoms with Crippen LogP contribution in [0.3, 0.4) is 0 Å². The zero-order chi connectivity index (χ0) is 13.8. The average molecular weight is 261 g/mol. The van der Waals surface area contributed by atoms with Gasteiger partial charge in [-0.3, -0.25) is 0 Å². The van der Waals surface area contributed by atoms with Gasteiger partial charge in [0.2, 0.25) is 0 Å². The summed E-state index contributed by atoms with van der Waals surface area (Å²) in [6, 6.07) is 4.66. The van der Waals surface area contributed by atoms with Crippen molar-refractivity contribution in [1.82, 2.24) is 5.32 Å². The van der Waals surface area contributed by atoms with Crippen molar-refractivity contribution < 1.29 is 9.47 Å². The maximum absolute atomic E-state index is 5.79. The largest absolute Gasteiger partial charge is 0.496 e. The summed E-state index contributed by atoms with van der Waals surface area (Å²) in [7, 11) is 1.71. The van der Waals surface area contributed by atoms with Crippen LogP contribution < -0.4 is 14.8 Å². The smallest absolute Gasteiger partial charge is 0.126 e. The summed E-state index contributed by atoms with van der Waals surface area (Å²) in [5.74, 6) is 1.90. The second kappa shape index (κ2) is 6.11. The molecule has 104 valence electrons. The van der Waals surface area contributed by atoms with Crippen LogP contribution in [0.4, 0.5) is 0 Å². The Labute approximate surface area is 115 Å². The van der Waals surface area contributed by atoms with E-state index in [1.807, 2.05) is 0 Å². The molecule has 0 amide bonds. The number of ether oxygens (including phenoxy) is 2. The molecule has 3 heteroatoms. The van der Waals surface area contributed by atoms with Gasteiger partial charge < -0.3 is 14.8 Å². The summed E-state index contributed by atoms with van der Waals surface area (Å²) in [4.78, 5) is 0. The first kappa shape index (κ1) is 13.9. The van der Waals surface area contributed by atoms with Gasteiger partial charge in [-0.2, -0.15) is 0 Å². The molecule has 0 radical (unpaired) electrons. The molecule has 19 heavy (non-hydrogen) atoms. The molecule has 0 fully saturated rings. The van der Waals surface area contributed by atoms with Gasteiger partial charge in [0.25, 0.3) is 0 Å². The first-order valence-electron chi connectivity index (χ1n) is 6.87. The summed E-state index contributed by atoms with van der Waals surface area (Å²) in [6.07, 6.45) is 5.43. The number of hydrogen-bond donors (Lipinski definition) is 1. The second-order valence-electron chi connectivity index (χ2n) is 5.30. The van der Waals surface area contributed by atoms with Crippen LogP contribution in [0.5, 0.6) is 11.5 Å². The zero-order valence-corrected chi connectivity index (χ0v) is 12.2. The van der Waals surface area contributed by atoms with Gasteiger partial charge >= 0.3 is 0 Å². The van der Waals surface area contributed by atoms with Crippen LogP contribution >= 0.6 is 0 Å². The van der Waals surface area contributed by atoms with Crippen LogP contribution in [0.25, 0.3) is 6.08 Å². The lowest BCUT2D eigenvalue weighted by atomic mass is 10.1. The maximum Gasteiger partial charge on any atom is 0.126 e. The number of fused-ring (bicyclic) bond motifs is 1. The van der Waals surface area contributed by atoms with Crippen molar-refractivity contribution in [1.29, 1.82) is 0 Å². The highest BCUT2D eigenvalue weighted by atomic mass is 16.5. The van der Waals surface area contributed by atoms with Gasteiger partial charge in [0.1, 0.15) is 17.6 Å². The Kier molecular flexibility index (Phi) is 4.48. The summed E-state index contributed by atoms with van der Waals surface area (Å²) in [5, 5.41) is 3.35. The van der Waals surface area contributed by atoms with Crippen molar-refractivity contribution in [2.24, 2.45) is 0 Å². The molecule has 0 aromatic heterocycles. The molecule has 0 saturated heterocycles. The standard InChI is InChI=1S/C16H23NO2/c1-11(2)17-7-5-6-13-9-16-14(8-12(3)19-16)10-15(13)18-4/h5-6,9-12,17H,7-8H2,1-4H3/b6-5+. The van der Waals surface area contributed by atoms with E-state index in [1.165, 1.54) is 5.56 Å². The normalized spacial score (nSPS) is 17.8. The predicted molar refractivity (Wildman–Crippen MR) is 79.0 cm³/mol. The van der Waals surface area contributed by atoms with Gasteiger partial charge in [-0.15, -0.1) is 0 Å². The van der Waals surface area contributed by atoms with Crippen LogP contribution in [0.15, 0.2) is 18.2 Å². The lowest BCUT2D eigenvalue weighted by molar-refractivity contribution is 0.254. The lowest BCUT2D eigenvalue weighted by Crippen LogP contribution is -2.22. The highest BCUT2D eigenvalue weighted by molar-refractivity contribution is 5.62. The molecule has 1 heterocycles. The fourth-order valence-electron chi connectivity index (χ4n) is 2.25. The van der Waals surface area contributed by atoms with Gasteiger partial charge in [-0.05, 0) is 19.1 Å². The van der Waals surface area contributed by atoms with Crippen LogP contribution in [0, 0.1) is 0 Å². The Morgan fingerprint density at radius 3 is 2.95 bits per heavy atom. The van der Waals surface area contributed by atoms with Crippen LogP contribution in [-0.2, 0) is 6.42 Å². The van der Waals surface area contributed by atoms with Crippen LogP contribution in [0.2, 0.25) is 0 Å². The third-order valence-corrected chi connectivity index (χ3v) is 3.19. The van der Waals surface area contributed by atoms with Gasteiger partial charge in [0.15, 0.2) is 0 Å². The average Bonchev–Trinajstić information content (AvgIpc) is 2.72. The van der Waals surface area contributed by atoms with E-state index in [-0.39, 0.29) is 6.10 Å². The minimum Gasteiger partial charge on any atom is -0.496 e. The van der Waals surface area contributed by atoms with E-state index in [0.717, 1.165) is 30.0 Å². The topological polar surface area (TPSA) is 30.5 Å². The Bertz CT molecular complexity index is 466. The Hall–Kier alpha value is -1.48. The SMILES string of the molecule is COc1cc2c(cc1/C=C/CNC(C)C)OC(C)C2. The quantitative estimate of drug-likeness (QED) is 0.883. The fraction of sp³-hybridized carbons (Fsp3) is 0.500. The zero-order valence-electron chi connectivity index (χ0n) is 12.2. The van der Waals surface area contributed by atoms with E-state index in [1.54, 1.807) is 7.11 Å². The number of methoxy groups -OCH3 is 1. The molecule has 0 aliphatic carbocycles. The van der Waals surface area contributed by atoms with Crippen molar-refractivity contribution >= 4 is 6.08 Å². The maximum atomic E-state index is 5.79. The van der Waals surface area contributed by atoms with Crippen molar-refractivity contribution in [3.05, 3.63) is 29.3 Å². The van der Waals surface area contributed by atoms with Gasteiger partial charge in [-0.1, -0.05) is 26.0 Å². The highest BCUT2D eigenvalue weighted by Crippen LogP contribution is 2.35. The van der Waals surface area contributed by atoms with E-state index in [9.17, 15) is 0 Å². The van der Waals surface area contributed by atoms with E-state index in [0.29, 0.717) is 6.04 Å². The molecule has 0 bridgehead atoms. The van der Waals surface area contributed by atoms with E-state index < -0.39 is 0 Å². The van der Waals surface area contributed by atoms with Crippen LogP contribution in [-0.4, -0.2) is 25.8 Å². The molecule has 1 aromatic carbocycles. The molecular weight excluding hydrogens is 238 g/mol. The number of hydrogen-bond acceptors (Lipinski definition) is 3. The van der Waals surface area contributed by atoms with E-state index in [4.69, 9.17) is 9.47 Å². The van der Waals surface area contributed by atoms with Gasteiger partial charge in [-0.25, -0.2) is 0 Å². The van der Waals surface area contributed by atoms with Crippen molar-refractivity contribution in [2.75, 3.05) is 13.7 Å². The summed E-state index contributed by atoms with van der Waals surface area (Å²) >= 11 is 0. The number of rotatable bonds is 5. The molecule has 2 rings (SSSR count). The molecule has 0 saturated carbocycles. The third kappa shape index (κ3) is 3.51. The molecule has 1 unspecified atom stereocenters. The summed E-state index contributed by atoms with van der Waals surface area (Å²) < 4.78 is 11.2. The highest BCUT2D eigenvalue weighted by Gasteiger charge is 2.20. The Morgan fingerprint density at radius 2 is 2.26 bits per heavy atom. The first-order valence-corrected chi connectivity index (χ1v) is 6.87. The second-order valence-corrected chi connectivity index (χ2v) is 5.30. The molecule has 1 N–H and O–H groups in total. The van der Waals surface area contributed by atoms with E-state index >= 15 is 0 Å². The third-order valence-electron chi connectivity index (χ3n) is 3.19. The van der Waals surface area contributed by atoms with Gasteiger partial charge in [0.05, 0.1) is 7.11 Å². The minimum atomic E-state index is 0.265. The molecular formula is C16H23NO2. The lowest BCUT2D eigenvalue weighted by Gasteiger charge is -2.08. The summed E-state index contributed by atoms with van der Waals surface area (Å²) in [5.41, 5.74) is 2.31. The van der Waals surface area contributed by atoms with Crippen molar-refractivity contribution in [2.45, 2.75) is 39.3 Å². The Morgan fingerprint density at radius 1 is 1.47 bits per heavy atom. The fourth-order valence-corrected chi connectivity index (χ4v) is 2.25. The van der Waals surface area contributed by atoms with Gasteiger partial charge in [0, 0.05) is 30.1 Å². The monoisotopic (exact) mass is 261 g/mol. The molecule has 1 aliphatic rings. The van der Waals surface area contributed by atoms with Crippen LogP contribution in [0.1, 0.15) is 31.9 Å².